The van der Waals surface area contributed by atoms with Crippen molar-refractivity contribution in [3.8, 4) is 0 Å². The number of piperazine rings is 1. The van der Waals surface area contributed by atoms with Gasteiger partial charge in [-0.2, -0.15) is 4.98 Å². The van der Waals surface area contributed by atoms with Gasteiger partial charge in [0.1, 0.15) is 0 Å². The average molecular weight is 319 g/mol. The summed E-state index contributed by atoms with van der Waals surface area (Å²) in [4.78, 5) is 7.00. The van der Waals surface area contributed by atoms with Crippen LogP contribution in [0.25, 0.3) is 0 Å². The lowest BCUT2D eigenvalue weighted by molar-refractivity contribution is 0.190. The van der Waals surface area contributed by atoms with Crippen LogP contribution in [0.15, 0.2) is 28.8 Å². The van der Waals surface area contributed by atoms with Gasteiger partial charge in [-0.15, -0.1) is 0 Å². The summed E-state index contributed by atoms with van der Waals surface area (Å²) in [5, 5.41) is 8.38. The van der Waals surface area contributed by atoms with E-state index in [2.05, 4.69) is 34.6 Å². The fourth-order valence-electron chi connectivity index (χ4n) is 3.18. The molecule has 2 heterocycles. The molecule has 1 saturated carbocycles. The van der Waals surface area contributed by atoms with E-state index >= 15 is 0 Å². The van der Waals surface area contributed by atoms with Crippen LogP contribution in [-0.2, 0) is 5.41 Å². The Kier molecular flexibility index (Phi) is 3.44. The molecule has 4 rings (SSSR count). The molecular formula is C16H19ClN4O. The van der Waals surface area contributed by atoms with Crippen molar-refractivity contribution in [2.45, 2.75) is 24.3 Å². The predicted molar refractivity (Wildman–Crippen MR) is 84.0 cm³/mol. The number of rotatable bonds is 3. The highest BCUT2D eigenvalue weighted by Crippen LogP contribution is 2.53. The van der Waals surface area contributed by atoms with Crippen LogP contribution >= 0.6 is 11.6 Å². The van der Waals surface area contributed by atoms with E-state index in [1.54, 1.807) is 0 Å². The molecule has 1 unspecified atom stereocenters. The van der Waals surface area contributed by atoms with Crippen LogP contribution in [-0.4, -0.2) is 41.7 Å². The summed E-state index contributed by atoms with van der Waals surface area (Å²) in [6.07, 6.45) is 2.10. The average Bonchev–Trinajstić information content (AvgIpc) is 3.19. The number of nitrogens with zero attached hydrogens (tertiary/aromatic N) is 3. The number of nitrogens with one attached hydrogen (secondary N) is 1. The maximum Gasteiger partial charge on any atom is 0.237 e. The van der Waals surface area contributed by atoms with Gasteiger partial charge in [-0.3, -0.25) is 4.90 Å². The highest BCUT2D eigenvalue weighted by Gasteiger charge is 2.51. The Balaban J connectivity index is 1.62. The minimum atomic E-state index is -0.101. The first-order valence-electron chi connectivity index (χ1n) is 7.70. The second-order valence-electron chi connectivity index (χ2n) is 6.25. The Morgan fingerprint density at radius 3 is 2.77 bits per heavy atom. The molecule has 2 aliphatic rings. The fourth-order valence-corrected chi connectivity index (χ4v) is 3.30. The molecule has 0 amide bonds. The zero-order chi connectivity index (χ0) is 15.2. The normalized spacial score (nSPS) is 24.4. The molecule has 2 aromatic rings. The van der Waals surface area contributed by atoms with Gasteiger partial charge in [-0.1, -0.05) is 28.9 Å². The van der Waals surface area contributed by atoms with E-state index in [-0.39, 0.29) is 11.5 Å². The molecule has 1 saturated heterocycles. The zero-order valence-corrected chi connectivity index (χ0v) is 13.3. The number of hydrogen-bond acceptors (Lipinski definition) is 5. The number of halogens is 1. The number of benzene rings is 1. The van der Waals surface area contributed by atoms with Gasteiger partial charge >= 0.3 is 0 Å². The fraction of sp³-hybridized carbons (Fsp3) is 0.500. The summed E-state index contributed by atoms with van der Waals surface area (Å²) >= 11 is 5.99. The standard InChI is InChI=1S/C16H19ClN4O/c1-21-9-8-18-10-13(21)14-19-15(22-20-14)16(6-7-16)11-2-4-12(17)5-3-11/h2-5,13,18H,6-10H2,1H3. The van der Waals surface area contributed by atoms with Gasteiger partial charge < -0.3 is 9.84 Å². The van der Waals surface area contributed by atoms with Gasteiger partial charge in [0.25, 0.3) is 0 Å². The second kappa shape index (κ2) is 5.33. The molecule has 1 N–H and O–H groups in total. The first kappa shape index (κ1) is 14.2. The van der Waals surface area contributed by atoms with Crippen molar-refractivity contribution in [1.82, 2.24) is 20.4 Å². The maximum absolute atomic E-state index is 5.99. The van der Waals surface area contributed by atoms with Gasteiger partial charge in [0.05, 0.1) is 11.5 Å². The lowest BCUT2D eigenvalue weighted by Gasteiger charge is -2.30. The summed E-state index contributed by atoms with van der Waals surface area (Å²) in [6, 6.07) is 8.16. The van der Waals surface area contributed by atoms with Gasteiger partial charge in [0, 0.05) is 24.7 Å². The van der Waals surface area contributed by atoms with E-state index in [0.717, 1.165) is 49.2 Å². The van der Waals surface area contributed by atoms with Crippen LogP contribution in [0, 0.1) is 0 Å². The van der Waals surface area contributed by atoms with E-state index in [4.69, 9.17) is 21.1 Å². The van der Waals surface area contributed by atoms with Crippen LogP contribution in [0.3, 0.4) is 0 Å². The summed E-state index contributed by atoms with van der Waals surface area (Å²) in [5.41, 5.74) is 1.11. The lowest BCUT2D eigenvalue weighted by atomic mass is 9.96. The Morgan fingerprint density at radius 2 is 2.09 bits per heavy atom. The molecule has 1 aromatic carbocycles. The molecule has 5 nitrogen and oxygen atoms in total. The first-order valence-corrected chi connectivity index (χ1v) is 8.08. The minimum absolute atomic E-state index is 0.101. The molecule has 1 aliphatic carbocycles. The third-order valence-electron chi connectivity index (χ3n) is 4.81. The number of likely N-dealkylation sites (N-methyl/N-ethyl adjacent to an activating group) is 1. The summed E-state index contributed by atoms with van der Waals surface area (Å²) in [5.74, 6) is 1.52. The number of hydrogen-bond donors (Lipinski definition) is 1. The van der Waals surface area contributed by atoms with Crippen molar-refractivity contribution in [3.05, 3.63) is 46.6 Å². The topological polar surface area (TPSA) is 54.2 Å². The van der Waals surface area contributed by atoms with Gasteiger partial charge in [-0.25, -0.2) is 0 Å². The smallest absolute Gasteiger partial charge is 0.237 e. The Morgan fingerprint density at radius 1 is 1.32 bits per heavy atom. The van der Waals surface area contributed by atoms with Gasteiger partial charge in [0.2, 0.25) is 5.89 Å². The van der Waals surface area contributed by atoms with Crippen LogP contribution in [0.2, 0.25) is 5.02 Å². The van der Waals surface area contributed by atoms with Gasteiger partial charge in [-0.05, 0) is 37.6 Å². The molecule has 1 atom stereocenters. The van der Waals surface area contributed by atoms with Crippen molar-refractivity contribution < 1.29 is 4.52 Å². The van der Waals surface area contributed by atoms with Crippen molar-refractivity contribution >= 4 is 11.6 Å². The maximum atomic E-state index is 5.99. The molecule has 0 spiro atoms. The van der Waals surface area contributed by atoms with Crippen LogP contribution < -0.4 is 5.32 Å². The van der Waals surface area contributed by atoms with E-state index < -0.39 is 0 Å². The quantitative estimate of drug-likeness (QED) is 0.941. The molecule has 6 heteroatoms. The molecule has 0 radical (unpaired) electrons. The van der Waals surface area contributed by atoms with Crippen molar-refractivity contribution in [3.63, 3.8) is 0 Å². The molecule has 2 fully saturated rings. The third kappa shape index (κ3) is 2.33. The SMILES string of the molecule is CN1CCNCC1c1noc(C2(c3ccc(Cl)cc3)CC2)n1. The van der Waals surface area contributed by atoms with Gasteiger partial charge in [0.15, 0.2) is 5.82 Å². The monoisotopic (exact) mass is 318 g/mol. The molecule has 0 bridgehead atoms. The van der Waals surface area contributed by atoms with E-state index in [9.17, 15) is 0 Å². The van der Waals surface area contributed by atoms with E-state index in [0.29, 0.717) is 0 Å². The highest BCUT2D eigenvalue weighted by atomic mass is 35.5. The molecular weight excluding hydrogens is 300 g/mol. The Bertz CT molecular complexity index is 665. The predicted octanol–water partition coefficient (Wildman–Crippen LogP) is 2.38. The molecule has 116 valence electrons. The van der Waals surface area contributed by atoms with Crippen LogP contribution in [0.4, 0.5) is 0 Å². The largest absolute Gasteiger partial charge is 0.338 e. The summed E-state index contributed by atoms with van der Waals surface area (Å²) < 4.78 is 5.63. The Hall–Kier alpha value is -1.43. The summed E-state index contributed by atoms with van der Waals surface area (Å²) in [6.45, 7) is 2.87. The summed E-state index contributed by atoms with van der Waals surface area (Å²) in [7, 11) is 2.10. The van der Waals surface area contributed by atoms with Crippen LogP contribution in [0.5, 0.6) is 0 Å². The van der Waals surface area contributed by atoms with Crippen molar-refractivity contribution in [2.24, 2.45) is 0 Å². The highest BCUT2D eigenvalue weighted by molar-refractivity contribution is 6.30. The van der Waals surface area contributed by atoms with Crippen molar-refractivity contribution in [2.75, 3.05) is 26.7 Å². The number of aromatic nitrogens is 2. The Labute approximate surface area is 134 Å². The first-order chi connectivity index (χ1) is 10.7. The molecule has 1 aliphatic heterocycles. The second-order valence-corrected chi connectivity index (χ2v) is 6.68. The lowest BCUT2D eigenvalue weighted by Crippen LogP contribution is -2.44. The third-order valence-corrected chi connectivity index (χ3v) is 5.06. The molecule has 22 heavy (non-hydrogen) atoms. The van der Waals surface area contributed by atoms with E-state index in [1.165, 1.54) is 5.56 Å². The van der Waals surface area contributed by atoms with E-state index in [1.807, 2.05) is 12.1 Å². The molecule has 1 aromatic heterocycles. The minimum Gasteiger partial charge on any atom is -0.338 e. The zero-order valence-electron chi connectivity index (χ0n) is 12.6. The van der Waals surface area contributed by atoms with Crippen LogP contribution in [0.1, 0.15) is 36.2 Å². The van der Waals surface area contributed by atoms with Crippen molar-refractivity contribution in [1.29, 1.82) is 0 Å².